The molecule has 0 bridgehead atoms. The van der Waals surface area contributed by atoms with Crippen LogP contribution in [0.1, 0.15) is 43.9 Å². The van der Waals surface area contributed by atoms with E-state index in [9.17, 15) is 9.59 Å². The highest BCUT2D eigenvalue weighted by Crippen LogP contribution is 2.35. The number of nitrogens with zero attached hydrogens (tertiary/aromatic N) is 4. The Morgan fingerprint density at radius 1 is 1.24 bits per heavy atom. The summed E-state index contributed by atoms with van der Waals surface area (Å²) >= 11 is 16.6. The first-order valence-corrected chi connectivity index (χ1v) is 13.6. The van der Waals surface area contributed by atoms with Gasteiger partial charge in [0, 0.05) is 30.4 Å². The van der Waals surface area contributed by atoms with E-state index < -0.39 is 5.91 Å². The minimum atomic E-state index is -0.413. The minimum absolute atomic E-state index is 0.0716. The molecule has 0 spiro atoms. The van der Waals surface area contributed by atoms with E-state index in [0.717, 1.165) is 36.0 Å². The largest absolute Gasteiger partial charge is 0.485 e. The molecule has 2 aromatic heterocycles. The monoisotopic (exact) mass is 609 g/mol. The number of hydrogen-bond acceptors (Lipinski definition) is 5. The quantitative estimate of drug-likeness (QED) is 0.201. The van der Waals surface area contributed by atoms with Crippen LogP contribution < -0.4 is 15.0 Å². The number of benzene rings is 1. The molecule has 3 aromatic rings. The van der Waals surface area contributed by atoms with Gasteiger partial charge in [-0.05, 0) is 53.5 Å². The molecule has 8 nitrogen and oxygen atoms in total. The van der Waals surface area contributed by atoms with Crippen molar-refractivity contribution in [3.8, 4) is 5.75 Å². The van der Waals surface area contributed by atoms with Gasteiger partial charge in [0.25, 0.3) is 5.91 Å². The number of carbonyl (C=O) groups excluding carboxylic acids is 2. The molecule has 0 saturated heterocycles. The van der Waals surface area contributed by atoms with Crippen LogP contribution in [0.5, 0.6) is 5.75 Å². The summed E-state index contributed by atoms with van der Waals surface area (Å²) in [5.74, 6) is -0.195. The third kappa shape index (κ3) is 7.46. The van der Waals surface area contributed by atoms with Crippen molar-refractivity contribution in [3.05, 3.63) is 56.4 Å². The first-order chi connectivity index (χ1) is 17.7. The highest BCUT2D eigenvalue weighted by atomic mass is 79.9. The van der Waals surface area contributed by atoms with Gasteiger partial charge >= 0.3 is 0 Å². The second-order valence-corrected chi connectivity index (χ2v) is 10.0. The number of ether oxygens (including phenoxy) is 1. The van der Waals surface area contributed by atoms with Gasteiger partial charge in [0.2, 0.25) is 5.91 Å². The molecule has 2 amide bonds. The predicted molar refractivity (Wildman–Crippen MR) is 152 cm³/mol. The Labute approximate surface area is 235 Å². The van der Waals surface area contributed by atoms with Crippen LogP contribution in [-0.4, -0.2) is 47.6 Å². The number of rotatable bonds is 12. The van der Waals surface area contributed by atoms with E-state index in [-0.39, 0.29) is 24.1 Å². The van der Waals surface area contributed by atoms with Gasteiger partial charge in [0.15, 0.2) is 11.4 Å². The average Bonchev–Trinajstić information content (AvgIpc) is 3.18. The fourth-order valence-corrected chi connectivity index (χ4v) is 4.59. The molecular weight excluding hydrogens is 581 g/mol. The Morgan fingerprint density at radius 2 is 2.03 bits per heavy atom. The van der Waals surface area contributed by atoms with Crippen molar-refractivity contribution in [1.29, 1.82) is 0 Å². The summed E-state index contributed by atoms with van der Waals surface area (Å²) < 4.78 is 8.75. The molecule has 0 aliphatic heterocycles. The van der Waals surface area contributed by atoms with Crippen molar-refractivity contribution < 1.29 is 14.3 Å². The van der Waals surface area contributed by atoms with Gasteiger partial charge in [-0.2, -0.15) is 0 Å². The Hall–Kier alpha value is -2.62. The molecule has 37 heavy (non-hydrogen) atoms. The van der Waals surface area contributed by atoms with Crippen molar-refractivity contribution in [2.75, 3.05) is 25.0 Å². The molecule has 0 radical (unpaired) electrons. The highest BCUT2D eigenvalue weighted by Gasteiger charge is 2.19. The van der Waals surface area contributed by atoms with Crippen LogP contribution in [0.3, 0.4) is 0 Å². The second-order valence-electron chi connectivity index (χ2n) is 8.47. The molecule has 1 aromatic carbocycles. The molecule has 0 unspecified atom stereocenters. The number of hydrogen-bond donors (Lipinski definition) is 1. The molecule has 0 fully saturated rings. The number of amides is 2. The zero-order valence-electron chi connectivity index (χ0n) is 21.1. The molecule has 0 atom stereocenters. The van der Waals surface area contributed by atoms with Gasteiger partial charge in [-0.1, -0.05) is 49.4 Å². The van der Waals surface area contributed by atoms with Crippen LogP contribution >= 0.6 is 39.1 Å². The van der Waals surface area contributed by atoms with Crippen molar-refractivity contribution in [1.82, 2.24) is 14.7 Å². The average molecular weight is 611 g/mol. The number of likely N-dealkylation sites (N-methyl/N-ethyl adjacent to an activating group) is 1. The SMILES string of the molecule is CCCCCCN=CC(=O)NCC(=O)N(C)c1ccc(Cl)c(COc2cccn3c(Br)c(C)nc23)c1Cl. The zero-order valence-corrected chi connectivity index (χ0v) is 24.2. The Bertz CT molecular complexity index is 1290. The summed E-state index contributed by atoms with van der Waals surface area (Å²) in [5, 5.41) is 3.26. The maximum atomic E-state index is 12.7. The van der Waals surface area contributed by atoms with Crippen LogP contribution in [-0.2, 0) is 16.2 Å². The van der Waals surface area contributed by atoms with Gasteiger partial charge in [0.1, 0.15) is 11.2 Å². The zero-order chi connectivity index (χ0) is 26.9. The lowest BCUT2D eigenvalue weighted by molar-refractivity contribution is -0.121. The number of aryl methyl sites for hydroxylation is 1. The molecule has 3 rings (SSSR count). The number of anilines is 1. The van der Waals surface area contributed by atoms with Crippen LogP contribution in [0.4, 0.5) is 5.69 Å². The second kappa shape index (κ2) is 13.8. The standard InChI is InChI=1S/C26H30BrCl2N5O3/c1-4-5-6-7-12-30-14-22(35)31-15-23(36)33(3)20-11-10-19(28)18(24(20)29)16-37-21-9-8-13-34-25(27)17(2)32-26(21)34/h8-11,13-14H,4-7,12,15-16H2,1-3H3,(H,31,35). The third-order valence-electron chi connectivity index (χ3n) is 5.75. The smallest absolute Gasteiger partial charge is 0.262 e. The van der Waals surface area contributed by atoms with E-state index >= 15 is 0 Å². The summed E-state index contributed by atoms with van der Waals surface area (Å²) in [4.78, 5) is 34.8. The fraction of sp³-hybridized carbons (Fsp3) is 0.385. The van der Waals surface area contributed by atoms with Gasteiger partial charge in [-0.3, -0.25) is 19.0 Å². The van der Waals surface area contributed by atoms with Crippen molar-refractivity contribution in [3.63, 3.8) is 0 Å². The summed E-state index contributed by atoms with van der Waals surface area (Å²) in [6.07, 6.45) is 7.43. The fourth-order valence-electron chi connectivity index (χ4n) is 3.60. The molecule has 1 N–H and O–H groups in total. The van der Waals surface area contributed by atoms with Gasteiger partial charge < -0.3 is 15.0 Å². The van der Waals surface area contributed by atoms with E-state index in [1.807, 2.05) is 29.7 Å². The third-order valence-corrected chi connectivity index (χ3v) is 7.48. The number of aromatic nitrogens is 2. The minimum Gasteiger partial charge on any atom is -0.485 e. The molecule has 0 saturated carbocycles. The normalized spacial score (nSPS) is 11.3. The molecule has 0 aliphatic rings. The summed E-state index contributed by atoms with van der Waals surface area (Å²) in [6, 6.07) is 6.98. The highest BCUT2D eigenvalue weighted by molar-refractivity contribution is 9.10. The number of imidazole rings is 1. The number of aliphatic imine (C=N–C) groups is 1. The lowest BCUT2D eigenvalue weighted by Gasteiger charge is -2.21. The Balaban J connectivity index is 1.63. The topological polar surface area (TPSA) is 88.3 Å². The number of unbranched alkanes of at least 4 members (excludes halogenated alkanes) is 3. The van der Waals surface area contributed by atoms with Crippen LogP contribution in [0, 0.1) is 6.92 Å². The van der Waals surface area contributed by atoms with Gasteiger partial charge in [0.05, 0.1) is 29.2 Å². The van der Waals surface area contributed by atoms with Crippen molar-refractivity contribution >= 4 is 68.5 Å². The Morgan fingerprint density at radius 3 is 2.78 bits per heavy atom. The van der Waals surface area contributed by atoms with E-state index in [2.05, 4.69) is 38.1 Å². The summed E-state index contributed by atoms with van der Waals surface area (Å²) in [6.45, 7) is 4.51. The van der Waals surface area contributed by atoms with Gasteiger partial charge in [-0.25, -0.2) is 4.98 Å². The van der Waals surface area contributed by atoms with Crippen LogP contribution in [0.2, 0.25) is 10.0 Å². The first-order valence-electron chi connectivity index (χ1n) is 12.0. The molecule has 2 heterocycles. The predicted octanol–water partition coefficient (Wildman–Crippen LogP) is 6.02. The summed E-state index contributed by atoms with van der Waals surface area (Å²) in [7, 11) is 1.58. The number of pyridine rings is 1. The lowest BCUT2D eigenvalue weighted by atomic mass is 10.2. The molecular formula is C26H30BrCl2N5O3. The summed E-state index contributed by atoms with van der Waals surface area (Å²) in [5.41, 5.74) is 2.47. The maximum absolute atomic E-state index is 12.7. The van der Waals surface area contributed by atoms with Crippen LogP contribution in [0.15, 0.2) is 40.1 Å². The number of carbonyl (C=O) groups is 2. The van der Waals surface area contributed by atoms with Gasteiger partial charge in [-0.15, -0.1) is 0 Å². The number of nitrogens with one attached hydrogen (secondary N) is 1. The van der Waals surface area contributed by atoms with E-state index in [1.165, 1.54) is 11.1 Å². The van der Waals surface area contributed by atoms with Crippen LogP contribution in [0.25, 0.3) is 5.65 Å². The number of halogens is 3. The molecule has 0 aliphatic carbocycles. The maximum Gasteiger partial charge on any atom is 0.262 e. The van der Waals surface area contributed by atoms with E-state index in [0.29, 0.717) is 34.2 Å². The van der Waals surface area contributed by atoms with Crippen molar-refractivity contribution in [2.24, 2.45) is 4.99 Å². The molecule has 198 valence electrons. The van der Waals surface area contributed by atoms with Crippen molar-refractivity contribution in [2.45, 2.75) is 46.1 Å². The Kier molecular flexibility index (Phi) is 10.8. The lowest BCUT2D eigenvalue weighted by Crippen LogP contribution is -2.38. The van der Waals surface area contributed by atoms with E-state index in [1.54, 1.807) is 19.2 Å². The van der Waals surface area contributed by atoms with E-state index in [4.69, 9.17) is 27.9 Å². The first kappa shape index (κ1) is 28.9. The molecule has 11 heteroatoms. The number of fused-ring (bicyclic) bond motifs is 1.